The Labute approximate surface area is 60.6 Å². The molecule has 0 amide bonds. The van der Waals surface area contributed by atoms with Crippen molar-refractivity contribution in [1.82, 2.24) is 0 Å². The van der Waals surface area contributed by atoms with Gasteiger partial charge < -0.3 is 0 Å². The number of rotatable bonds is 0. The molecular weight excluding hydrogens is 127 g/mol. The zero-order valence-corrected chi connectivity index (χ0v) is 7.64. The highest BCUT2D eigenvalue weighted by atomic mass is 31.0. The van der Waals surface area contributed by atoms with Crippen LogP contribution in [0.2, 0.25) is 0 Å². The van der Waals surface area contributed by atoms with Gasteiger partial charge in [0.25, 0.3) is 0 Å². The maximum Gasteiger partial charge on any atom is -0.0264 e. The van der Waals surface area contributed by atoms with Gasteiger partial charge in [0, 0.05) is 0 Å². The van der Waals surface area contributed by atoms with Gasteiger partial charge in [-0.1, -0.05) is 13.8 Å². The number of hydrogen-bond donors (Lipinski definition) is 0. The average Bonchev–Trinajstić information content (AvgIpc) is 1.78. The summed E-state index contributed by atoms with van der Waals surface area (Å²) in [6, 6.07) is 0. The maximum absolute atomic E-state index is 2.93. The smallest absolute Gasteiger partial charge is 0.0264 e. The Hall–Kier alpha value is 0.430. The molecule has 0 nitrogen and oxygen atoms in total. The Morgan fingerprint density at radius 2 is 1.67 bits per heavy atom. The van der Waals surface area contributed by atoms with Crippen molar-refractivity contribution in [2.45, 2.75) is 45.2 Å². The third kappa shape index (κ3) is 2.26. The molecular formula is C8H17P. The highest BCUT2D eigenvalue weighted by Gasteiger charge is 2.24. The molecule has 0 heterocycles. The third-order valence-electron chi connectivity index (χ3n) is 2.38. The van der Waals surface area contributed by atoms with Crippen molar-refractivity contribution in [2.24, 2.45) is 5.41 Å². The van der Waals surface area contributed by atoms with Gasteiger partial charge in [-0.3, -0.25) is 0 Å². The summed E-state index contributed by atoms with van der Waals surface area (Å²) in [6.07, 6.45) is 5.66. The molecule has 54 valence electrons. The molecule has 0 bridgehead atoms. The van der Waals surface area contributed by atoms with E-state index in [2.05, 4.69) is 23.1 Å². The molecule has 9 heavy (non-hydrogen) atoms. The quantitative estimate of drug-likeness (QED) is 0.458. The van der Waals surface area contributed by atoms with E-state index in [1.807, 2.05) is 0 Å². The fraction of sp³-hybridized carbons (Fsp3) is 1.00. The lowest BCUT2D eigenvalue weighted by Crippen LogP contribution is -2.20. The molecule has 0 aromatic carbocycles. The van der Waals surface area contributed by atoms with Crippen LogP contribution in [-0.4, -0.2) is 5.66 Å². The van der Waals surface area contributed by atoms with Gasteiger partial charge in [-0.25, -0.2) is 0 Å². The Balaban J connectivity index is 2.35. The Kier molecular flexibility index (Phi) is 2.16. The summed E-state index contributed by atoms with van der Waals surface area (Å²) in [5.41, 5.74) is 1.56. The van der Waals surface area contributed by atoms with Crippen molar-refractivity contribution in [3.8, 4) is 0 Å². The van der Waals surface area contributed by atoms with Crippen molar-refractivity contribution in [3.05, 3.63) is 0 Å². The van der Waals surface area contributed by atoms with E-state index < -0.39 is 0 Å². The van der Waals surface area contributed by atoms with Crippen LogP contribution in [0.15, 0.2) is 0 Å². The molecule has 1 unspecified atom stereocenters. The van der Waals surface area contributed by atoms with Crippen molar-refractivity contribution >= 4 is 9.24 Å². The first-order chi connectivity index (χ1) is 4.10. The largest absolute Gasteiger partial charge is 0.134 e. The molecule has 1 aliphatic rings. The van der Waals surface area contributed by atoms with Gasteiger partial charge in [-0.05, 0) is 36.8 Å². The topological polar surface area (TPSA) is 0 Å². The van der Waals surface area contributed by atoms with Gasteiger partial charge in [0.1, 0.15) is 0 Å². The van der Waals surface area contributed by atoms with Crippen molar-refractivity contribution < 1.29 is 0 Å². The van der Waals surface area contributed by atoms with Crippen molar-refractivity contribution in [1.29, 1.82) is 0 Å². The summed E-state index contributed by atoms with van der Waals surface area (Å²) in [7, 11) is 2.93. The third-order valence-corrected chi connectivity index (χ3v) is 3.05. The van der Waals surface area contributed by atoms with Crippen molar-refractivity contribution in [2.75, 3.05) is 0 Å². The van der Waals surface area contributed by atoms with E-state index in [1.165, 1.54) is 25.7 Å². The van der Waals surface area contributed by atoms with Crippen LogP contribution >= 0.6 is 9.24 Å². The highest BCUT2D eigenvalue weighted by Crippen LogP contribution is 2.37. The minimum absolute atomic E-state index is 0.646. The van der Waals surface area contributed by atoms with E-state index in [0.29, 0.717) is 5.41 Å². The predicted molar refractivity (Wildman–Crippen MR) is 45.7 cm³/mol. The van der Waals surface area contributed by atoms with E-state index >= 15 is 0 Å². The normalized spacial score (nSPS) is 28.3. The summed E-state index contributed by atoms with van der Waals surface area (Å²) >= 11 is 0. The lowest BCUT2D eigenvalue weighted by Gasteiger charge is -2.32. The zero-order chi connectivity index (χ0) is 6.91. The van der Waals surface area contributed by atoms with Gasteiger partial charge in [0.05, 0.1) is 0 Å². The summed E-state index contributed by atoms with van der Waals surface area (Å²) in [6.45, 7) is 4.76. The lowest BCUT2D eigenvalue weighted by atomic mass is 9.77. The molecule has 1 saturated carbocycles. The molecule has 1 heteroatoms. The first-order valence-electron chi connectivity index (χ1n) is 3.86. The fourth-order valence-corrected chi connectivity index (χ4v) is 1.75. The van der Waals surface area contributed by atoms with Gasteiger partial charge in [0.2, 0.25) is 0 Å². The molecule has 0 saturated heterocycles. The Bertz CT molecular complexity index is 86.7. The molecule has 0 aromatic heterocycles. The predicted octanol–water partition coefficient (Wildman–Crippen LogP) is 2.83. The van der Waals surface area contributed by atoms with E-state index in [9.17, 15) is 0 Å². The molecule has 1 fully saturated rings. The Morgan fingerprint density at radius 3 is 2.00 bits per heavy atom. The van der Waals surface area contributed by atoms with E-state index in [1.54, 1.807) is 0 Å². The fourth-order valence-electron chi connectivity index (χ4n) is 1.42. The monoisotopic (exact) mass is 144 g/mol. The Morgan fingerprint density at radius 1 is 1.22 bits per heavy atom. The summed E-state index contributed by atoms with van der Waals surface area (Å²) in [5.74, 6) is 0. The molecule has 0 spiro atoms. The molecule has 0 aromatic rings. The number of hydrogen-bond acceptors (Lipinski definition) is 0. The van der Waals surface area contributed by atoms with Crippen LogP contribution in [0.1, 0.15) is 39.5 Å². The van der Waals surface area contributed by atoms with E-state index in [4.69, 9.17) is 0 Å². The highest BCUT2D eigenvalue weighted by molar-refractivity contribution is 7.17. The van der Waals surface area contributed by atoms with Crippen LogP contribution < -0.4 is 0 Å². The molecule has 1 atom stereocenters. The summed E-state index contributed by atoms with van der Waals surface area (Å²) < 4.78 is 0. The minimum atomic E-state index is 0.646. The average molecular weight is 144 g/mol. The maximum atomic E-state index is 2.93. The molecule has 1 rings (SSSR count). The molecule has 1 aliphatic carbocycles. The second-order valence-corrected chi connectivity index (χ2v) is 4.94. The first kappa shape index (κ1) is 7.54. The van der Waals surface area contributed by atoms with Crippen molar-refractivity contribution in [3.63, 3.8) is 0 Å². The standard InChI is InChI=1S/C8H17P/c1-8(2)5-3-7(9)4-6-8/h7H,3-6,9H2,1-2H3. The van der Waals surface area contributed by atoms with Crippen LogP contribution in [0, 0.1) is 5.41 Å². The second kappa shape index (κ2) is 2.58. The molecule has 0 N–H and O–H groups in total. The lowest BCUT2D eigenvalue weighted by molar-refractivity contribution is 0.249. The van der Waals surface area contributed by atoms with Gasteiger partial charge in [-0.15, -0.1) is 9.24 Å². The van der Waals surface area contributed by atoms with E-state index in [-0.39, 0.29) is 0 Å². The first-order valence-corrected chi connectivity index (χ1v) is 4.52. The van der Waals surface area contributed by atoms with Crippen LogP contribution in [0.5, 0.6) is 0 Å². The van der Waals surface area contributed by atoms with Gasteiger partial charge in [-0.2, -0.15) is 0 Å². The molecule has 0 radical (unpaired) electrons. The van der Waals surface area contributed by atoms with Gasteiger partial charge >= 0.3 is 0 Å². The van der Waals surface area contributed by atoms with Gasteiger partial charge in [0.15, 0.2) is 0 Å². The minimum Gasteiger partial charge on any atom is -0.134 e. The SMILES string of the molecule is CC1(C)CCC(P)CC1. The van der Waals surface area contributed by atoms with Crippen LogP contribution in [0.4, 0.5) is 0 Å². The second-order valence-electron chi connectivity index (χ2n) is 4.00. The van der Waals surface area contributed by atoms with Crippen LogP contribution in [0.25, 0.3) is 0 Å². The summed E-state index contributed by atoms with van der Waals surface area (Å²) in [4.78, 5) is 0. The molecule has 0 aliphatic heterocycles. The summed E-state index contributed by atoms with van der Waals surface area (Å²) in [5, 5.41) is 0. The van der Waals surface area contributed by atoms with Crippen LogP contribution in [-0.2, 0) is 0 Å². The zero-order valence-electron chi connectivity index (χ0n) is 6.48. The van der Waals surface area contributed by atoms with E-state index in [0.717, 1.165) is 5.66 Å². The van der Waals surface area contributed by atoms with Crippen LogP contribution in [0.3, 0.4) is 0 Å².